The van der Waals surface area contributed by atoms with Crippen molar-refractivity contribution in [2.24, 2.45) is 0 Å². The third-order valence-electron chi connectivity index (χ3n) is 4.51. The fourth-order valence-electron chi connectivity index (χ4n) is 2.87. The molecule has 1 N–H and O–H groups in total. The summed E-state index contributed by atoms with van der Waals surface area (Å²) < 4.78 is 2.02. The minimum Gasteiger partial charge on any atom is -0.326 e. The second-order valence-electron chi connectivity index (χ2n) is 6.61. The van der Waals surface area contributed by atoms with Gasteiger partial charge in [-0.3, -0.25) is 9.36 Å². The maximum atomic E-state index is 11.3. The van der Waals surface area contributed by atoms with Gasteiger partial charge in [-0.2, -0.15) is 0 Å². The number of benzene rings is 2. The summed E-state index contributed by atoms with van der Waals surface area (Å²) in [5, 5.41) is 2.82. The van der Waals surface area contributed by atoms with E-state index >= 15 is 0 Å². The van der Waals surface area contributed by atoms with E-state index in [1.54, 1.807) is 6.20 Å². The highest BCUT2D eigenvalue weighted by atomic mass is 16.1. The molecule has 0 fully saturated rings. The van der Waals surface area contributed by atoms with Crippen LogP contribution in [0.15, 0.2) is 60.9 Å². The van der Waals surface area contributed by atoms with Crippen molar-refractivity contribution in [3.63, 3.8) is 0 Å². The molecule has 5 nitrogen and oxygen atoms in total. The molecule has 3 aromatic rings. The summed E-state index contributed by atoms with van der Waals surface area (Å²) in [7, 11) is 4.15. The first kappa shape index (κ1) is 17.9. The molecule has 0 aliphatic carbocycles. The molecule has 0 bridgehead atoms. The summed E-state index contributed by atoms with van der Waals surface area (Å²) in [6, 6.07) is 16.6. The summed E-state index contributed by atoms with van der Waals surface area (Å²) in [6.07, 6.45) is 3.72. The summed E-state index contributed by atoms with van der Waals surface area (Å²) in [4.78, 5) is 18.0. The third-order valence-corrected chi connectivity index (χ3v) is 4.51. The largest absolute Gasteiger partial charge is 0.326 e. The van der Waals surface area contributed by atoms with E-state index in [1.165, 1.54) is 12.5 Å². The quantitative estimate of drug-likeness (QED) is 0.754. The van der Waals surface area contributed by atoms with Gasteiger partial charge in [0.15, 0.2) is 0 Å². The van der Waals surface area contributed by atoms with Gasteiger partial charge < -0.3 is 10.2 Å². The molecule has 0 saturated carbocycles. The number of imidazole rings is 1. The van der Waals surface area contributed by atoms with Crippen LogP contribution < -0.4 is 5.32 Å². The molecule has 0 aliphatic rings. The van der Waals surface area contributed by atoms with Gasteiger partial charge >= 0.3 is 0 Å². The van der Waals surface area contributed by atoms with Crippen LogP contribution >= 0.6 is 0 Å². The fraction of sp³-hybridized carbons (Fsp3) is 0.238. The monoisotopic (exact) mass is 348 g/mol. The topological polar surface area (TPSA) is 50.2 Å². The van der Waals surface area contributed by atoms with Gasteiger partial charge in [0.05, 0.1) is 0 Å². The van der Waals surface area contributed by atoms with Crippen LogP contribution in [0.4, 0.5) is 5.69 Å². The summed E-state index contributed by atoms with van der Waals surface area (Å²) >= 11 is 0. The average molecular weight is 348 g/mol. The van der Waals surface area contributed by atoms with Gasteiger partial charge in [-0.1, -0.05) is 30.3 Å². The number of carbonyl (C=O) groups excluding carboxylic acids is 1. The molecule has 1 aromatic heterocycles. The molecule has 0 aliphatic heterocycles. The zero-order valence-electron chi connectivity index (χ0n) is 15.6. The van der Waals surface area contributed by atoms with Crippen molar-refractivity contribution in [2.75, 3.05) is 19.4 Å². The first-order chi connectivity index (χ1) is 12.5. The molecule has 1 amide bonds. The molecule has 5 heteroatoms. The standard InChI is InChI=1S/C21H24N4O/c1-15(24(3)4)17-8-10-18(11-9-17)21-22-12-13-25(21)20-7-5-6-19(14-20)23-16(2)26/h5-15H,1-4H3,(H,23,26)/t15-/m1/s1. The van der Waals surface area contributed by atoms with E-state index < -0.39 is 0 Å². The Morgan fingerprint density at radius 2 is 1.88 bits per heavy atom. The van der Waals surface area contributed by atoms with Crippen molar-refractivity contribution < 1.29 is 4.79 Å². The number of carbonyl (C=O) groups is 1. The number of nitrogens with zero attached hydrogens (tertiary/aromatic N) is 3. The Kier molecular flexibility index (Phi) is 5.19. The van der Waals surface area contributed by atoms with Gasteiger partial charge in [0.1, 0.15) is 5.82 Å². The predicted molar refractivity (Wildman–Crippen MR) is 105 cm³/mol. The Bertz CT molecular complexity index is 896. The highest BCUT2D eigenvalue weighted by Gasteiger charge is 2.11. The maximum absolute atomic E-state index is 11.3. The molecule has 1 heterocycles. The normalized spacial score (nSPS) is 12.2. The Hall–Kier alpha value is -2.92. The van der Waals surface area contributed by atoms with Crippen LogP contribution in [0.5, 0.6) is 0 Å². The van der Waals surface area contributed by atoms with Gasteiger partial charge in [0.2, 0.25) is 5.91 Å². The van der Waals surface area contributed by atoms with Crippen LogP contribution in [0.2, 0.25) is 0 Å². The van der Waals surface area contributed by atoms with Gasteiger partial charge in [0, 0.05) is 42.3 Å². The molecule has 1 atom stereocenters. The lowest BCUT2D eigenvalue weighted by atomic mass is 10.1. The van der Waals surface area contributed by atoms with E-state index in [1.807, 2.05) is 35.0 Å². The molecule has 0 saturated heterocycles. The van der Waals surface area contributed by atoms with Crippen LogP contribution in [-0.2, 0) is 4.79 Å². The van der Waals surface area contributed by atoms with Crippen molar-refractivity contribution in [1.82, 2.24) is 14.5 Å². The molecular formula is C21H24N4O. The average Bonchev–Trinajstić information content (AvgIpc) is 3.10. The third kappa shape index (κ3) is 3.83. The van der Waals surface area contributed by atoms with Gasteiger partial charge in [-0.05, 0) is 44.8 Å². The first-order valence-corrected chi connectivity index (χ1v) is 8.64. The van der Waals surface area contributed by atoms with Crippen molar-refractivity contribution in [2.45, 2.75) is 19.9 Å². The lowest BCUT2D eigenvalue weighted by Crippen LogP contribution is -2.16. The molecule has 0 unspecified atom stereocenters. The number of nitrogens with one attached hydrogen (secondary N) is 1. The van der Waals surface area contributed by atoms with Crippen LogP contribution in [0.25, 0.3) is 17.1 Å². The van der Waals surface area contributed by atoms with Crippen LogP contribution in [-0.4, -0.2) is 34.5 Å². The lowest BCUT2D eigenvalue weighted by molar-refractivity contribution is -0.114. The number of amides is 1. The fourth-order valence-corrected chi connectivity index (χ4v) is 2.87. The van der Waals surface area contributed by atoms with E-state index in [0.29, 0.717) is 6.04 Å². The van der Waals surface area contributed by atoms with Crippen molar-refractivity contribution in [3.8, 4) is 17.1 Å². The summed E-state index contributed by atoms with van der Waals surface area (Å²) in [5.41, 5.74) is 4.04. The minimum atomic E-state index is -0.0846. The zero-order chi connectivity index (χ0) is 18.7. The minimum absolute atomic E-state index is 0.0846. The Labute approximate surface area is 154 Å². The number of anilines is 1. The van der Waals surface area contributed by atoms with E-state index in [-0.39, 0.29) is 5.91 Å². The summed E-state index contributed by atoms with van der Waals surface area (Å²) in [5.74, 6) is 0.785. The molecule has 3 rings (SSSR count). The number of aromatic nitrogens is 2. The Morgan fingerprint density at radius 1 is 1.15 bits per heavy atom. The van der Waals surface area contributed by atoms with Crippen molar-refractivity contribution in [3.05, 3.63) is 66.5 Å². The van der Waals surface area contributed by atoms with E-state index in [4.69, 9.17) is 0 Å². The molecule has 26 heavy (non-hydrogen) atoms. The maximum Gasteiger partial charge on any atom is 0.221 e. The number of rotatable bonds is 5. The second-order valence-corrected chi connectivity index (χ2v) is 6.61. The summed E-state index contributed by atoms with van der Waals surface area (Å²) in [6.45, 7) is 3.69. The van der Waals surface area contributed by atoms with E-state index in [9.17, 15) is 4.79 Å². The highest BCUT2D eigenvalue weighted by molar-refractivity contribution is 5.89. The molecule has 2 aromatic carbocycles. The van der Waals surface area contributed by atoms with Gasteiger partial charge in [0.25, 0.3) is 0 Å². The number of hydrogen-bond donors (Lipinski definition) is 1. The van der Waals surface area contributed by atoms with E-state index in [0.717, 1.165) is 22.8 Å². The second kappa shape index (κ2) is 7.54. The van der Waals surface area contributed by atoms with Crippen molar-refractivity contribution >= 4 is 11.6 Å². The SMILES string of the molecule is CC(=O)Nc1cccc(-n2ccnc2-c2ccc([C@@H](C)N(C)C)cc2)c1. The van der Waals surface area contributed by atoms with Gasteiger partial charge in [-0.15, -0.1) is 0 Å². The highest BCUT2D eigenvalue weighted by Crippen LogP contribution is 2.25. The first-order valence-electron chi connectivity index (χ1n) is 8.64. The lowest BCUT2D eigenvalue weighted by Gasteiger charge is -2.20. The van der Waals surface area contributed by atoms with Gasteiger partial charge in [-0.25, -0.2) is 4.98 Å². The van der Waals surface area contributed by atoms with Crippen LogP contribution in [0.3, 0.4) is 0 Å². The molecular weight excluding hydrogens is 324 g/mol. The Balaban J connectivity index is 1.93. The number of hydrogen-bond acceptors (Lipinski definition) is 3. The van der Waals surface area contributed by atoms with Crippen molar-refractivity contribution in [1.29, 1.82) is 0 Å². The van der Waals surface area contributed by atoms with Crippen LogP contribution in [0.1, 0.15) is 25.5 Å². The molecule has 0 radical (unpaired) electrons. The molecule has 0 spiro atoms. The predicted octanol–water partition coefficient (Wildman–Crippen LogP) is 4.12. The molecule has 134 valence electrons. The van der Waals surface area contributed by atoms with Crippen LogP contribution in [0, 0.1) is 0 Å². The Morgan fingerprint density at radius 3 is 2.54 bits per heavy atom. The zero-order valence-corrected chi connectivity index (χ0v) is 15.6. The smallest absolute Gasteiger partial charge is 0.221 e. The van der Waals surface area contributed by atoms with E-state index in [2.05, 4.69) is 60.5 Å².